The molecule has 1 heterocycles. The summed E-state index contributed by atoms with van der Waals surface area (Å²) in [7, 11) is 0. The number of benzene rings is 2. The lowest BCUT2D eigenvalue weighted by atomic mass is 9.99. The van der Waals surface area contributed by atoms with Gasteiger partial charge in [-0.1, -0.05) is 53.5 Å². The van der Waals surface area contributed by atoms with Gasteiger partial charge in [0.25, 0.3) is 0 Å². The summed E-state index contributed by atoms with van der Waals surface area (Å²) in [5, 5.41) is 13.6. The zero-order valence-electron chi connectivity index (χ0n) is 13.7. The normalized spacial score (nSPS) is 17.2. The number of piperidine rings is 1. The van der Waals surface area contributed by atoms with Crippen molar-refractivity contribution in [3.8, 4) is 0 Å². The molecule has 1 atom stereocenters. The molecule has 0 radical (unpaired) electrons. The van der Waals surface area contributed by atoms with Crippen LogP contribution in [0.25, 0.3) is 0 Å². The molecule has 1 amide bonds. The first-order valence-corrected chi connectivity index (χ1v) is 9.02. The largest absolute Gasteiger partial charge is 0.393 e. The number of rotatable bonds is 4. The average Bonchev–Trinajstić information content (AvgIpc) is 2.57. The van der Waals surface area contributed by atoms with Crippen LogP contribution in [0.5, 0.6) is 0 Å². The van der Waals surface area contributed by atoms with Crippen LogP contribution in [0, 0.1) is 0 Å². The van der Waals surface area contributed by atoms with Crippen LogP contribution >= 0.6 is 23.2 Å². The highest BCUT2D eigenvalue weighted by Crippen LogP contribution is 2.28. The second-order valence-corrected chi connectivity index (χ2v) is 7.10. The molecule has 1 aliphatic rings. The Morgan fingerprint density at radius 1 is 1.08 bits per heavy atom. The summed E-state index contributed by atoms with van der Waals surface area (Å²) < 4.78 is 0. The fraction of sp³-hybridized carbons (Fsp3) is 0.316. The quantitative estimate of drug-likeness (QED) is 0.840. The maximum atomic E-state index is 13.0. The van der Waals surface area contributed by atoms with Gasteiger partial charge in [-0.2, -0.15) is 0 Å². The van der Waals surface area contributed by atoms with Crippen LogP contribution in [0.15, 0.2) is 48.5 Å². The van der Waals surface area contributed by atoms with E-state index in [1.807, 2.05) is 30.3 Å². The molecular formula is C19H20Cl2N2O2. The molecular weight excluding hydrogens is 359 g/mol. The van der Waals surface area contributed by atoms with Crippen molar-refractivity contribution in [3.05, 3.63) is 64.1 Å². The van der Waals surface area contributed by atoms with Crippen molar-refractivity contribution in [3.63, 3.8) is 0 Å². The van der Waals surface area contributed by atoms with Crippen molar-refractivity contribution < 1.29 is 9.90 Å². The fourth-order valence-corrected chi connectivity index (χ4v) is 3.67. The molecule has 0 saturated carbocycles. The molecule has 0 unspecified atom stereocenters. The highest BCUT2D eigenvalue weighted by atomic mass is 35.5. The van der Waals surface area contributed by atoms with Crippen molar-refractivity contribution >= 4 is 34.8 Å². The maximum absolute atomic E-state index is 13.0. The lowest BCUT2D eigenvalue weighted by molar-refractivity contribution is -0.122. The molecule has 0 aliphatic carbocycles. The second kappa shape index (κ2) is 8.19. The molecule has 0 bridgehead atoms. The van der Waals surface area contributed by atoms with E-state index in [0.717, 1.165) is 5.56 Å². The average molecular weight is 379 g/mol. The van der Waals surface area contributed by atoms with E-state index in [1.54, 1.807) is 18.2 Å². The zero-order valence-corrected chi connectivity index (χ0v) is 15.2. The van der Waals surface area contributed by atoms with Gasteiger partial charge in [0.1, 0.15) is 6.04 Å². The van der Waals surface area contributed by atoms with E-state index in [9.17, 15) is 9.90 Å². The first-order valence-electron chi connectivity index (χ1n) is 8.27. The molecule has 6 heteroatoms. The Morgan fingerprint density at radius 2 is 1.68 bits per heavy atom. The Bertz CT molecular complexity index is 711. The molecule has 2 aromatic carbocycles. The highest BCUT2D eigenvalue weighted by Gasteiger charge is 2.30. The van der Waals surface area contributed by atoms with Gasteiger partial charge in [0.2, 0.25) is 5.91 Å². The Labute approximate surface area is 157 Å². The first-order chi connectivity index (χ1) is 12.0. The van der Waals surface area contributed by atoms with E-state index in [1.165, 1.54) is 0 Å². The Hall–Kier alpha value is -1.59. The second-order valence-electron chi connectivity index (χ2n) is 6.23. The Balaban J connectivity index is 1.84. The van der Waals surface area contributed by atoms with Gasteiger partial charge in [0.05, 0.1) is 6.10 Å². The van der Waals surface area contributed by atoms with Gasteiger partial charge in [-0.25, -0.2) is 0 Å². The number of carbonyl (C=O) groups is 1. The SMILES string of the molecule is O=C(Nc1cc(Cl)cc(Cl)c1)[C@@H](c1ccccc1)N1CCC(O)CC1. The minimum atomic E-state index is -0.425. The predicted octanol–water partition coefficient (Wildman–Crippen LogP) is 4.13. The number of nitrogens with one attached hydrogen (secondary N) is 1. The van der Waals surface area contributed by atoms with E-state index in [2.05, 4.69) is 10.2 Å². The number of anilines is 1. The zero-order chi connectivity index (χ0) is 17.8. The third-order valence-corrected chi connectivity index (χ3v) is 4.79. The topological polar surface area (TPSA) is 52.6 Å². The lowest BCUT2D eigenvalue weighted by Gasteiger charge is -2.35. The van der Waals surface area contributed by atoms with Gasteiger partial charge in [0.15, 0.2) is 0 Å². The van der Waals surface area contributed by atoms with Crippen molar-refractivity contribution in [2.45, 2.75) is 25.0 Å². The number of aliphatic hydroxyl groups excluding tert-OH is 1. The van der Waals surface area contributed by atoms with Crippen LogP contribution in [0.4, 0.5) is 5.69 Å². The summed E-state index contributed by atoms with van der Waals surface area (Å²) >= 11 is 12.0. The van der Waals surface area contributed by atoms with Crippen LogP contribution in [-0.2, 0) is 4.79 Å². The molecule has 0 aromatic heterocycles. The molecule has 132 valence electrons. The third-order valence-electron chi connectivity index (χ3n) is 4.36. The van der Waals surface area contributed by atoms with E-state index in [4.69, 9.17) is 23.2 Å². The molecule has 2 N–H and O–H groups in total. The van der Waals surface area contributed by atoms with E-state index in [0.29, 0.717) is 41.7 Å². The molecule has 1 fully saturated rings. The van der Waals surface area contributed by atoms with Crippen molar-refractivity contribution in [2.24, 2.45) is 0 Å². The molecule has 1 aliphatic heterocycles. The molecule has 2 aromatic rings. The fourth-order valence-electron chi connectivity index (χ4n) is 3.14. The van der Waals surface area contributed by atoms with Crippen LogP contribution in [0.1, 0.15) is 24.4 Å². The van der Waals surface area contributed by atoms with Gasteiger partial charge in [-0.3, -0.25) is 9.69 Å². The summed E-state index contributed by atoms with van der Waals surface area (Å²) in [5.74, 6) is -0.138. The minimum Gasteiger partial charge on any atom is -0.393 e. The number of nitrogens with zero attached hydrogens (tertiary/aromatic N) is 1. The predicted molar refractivity (Wildman–Crippen MR) is 101 cm³/mol. The van der Waals surface area contributed by atoms with Crippen molar-refractivity contribution in [2.75, 3.05) is 18.4 Å². The van der Waals surface area contributed by atoms with E-state index >= 15 is 0 Å². The minimum absolute atomic E-state index is 0.138. The lowest BCUT2D eigenvalue weighted by Crippen LogP contribution is -2.43. The van der Waals surface area contributed by atoms with E-state index < -0.39 is 6.04 Å². The van der Waals surface area contributed by atoms with Crippen LogP contribution in [-0.4, -0.2) is 35.1 Å². The monoisotopic (exact) mass is 378 g/mol. The van der Waals surface area contributed by atoms with Crippen LogP contribution < -0.4 is 5.32 Å². The smallest absolute Gasteiger partial charge is 0.246 e. The first kappa shape index (κ1) is 18.2. The maximum Gasteiger partial charge on any atom is 0.246 e. The van der Waals surface area contributed by atoms with Gasteiger partial charge < -0.3 is 10.4 Å². The Morgan fingerprint density at radius 3 is 2.28 bits per heavy atom. The summed E-state index contributed by atoms with van der Waals surface area (Å²) in [5.41, 5.74) is 1.49. The summed E-state index contributed by atoms with van der Waals surface area (Å²) in [6.07, 6.45) is 1.04. The van der Waals surface area contributed by atoms with Crippen molar-refractivity contribution in [1.29, 1.82) is 0 Å². The molecule has 4 nitrogen and oxygen atoms in total. The summed E-state index contributed by atoms with van der Waals surface area (Å²) in [4.78, 5) is 15.1. The van der Waals surface area contributed by atoms with Gasteiger partial charge in [0, 0.05) is 28.8 Å². The van der Waals surface area contributed by atoms with E-state index in [-0.39, 0.29) is 12.0 Å². The number of amides is 1. The number of hydrogen-bond donors (Lipinski definition) is 2. The number of hydrogen-bond acceptors (Lipinski definition) is 3. The number of halogens is 2. The molecule has 0 spiro atoms. The van der Waals surface area contributed by atoms with Gasteiger partial charge >= 0.3 is 0 Å². The van der Waals surface area contributed by atoms with Gasteiger partial charge in [-0.15, -0.1) is 0 Å². The highest BCUT2D eigenvalue weighted by molar-refractivity contribution is 6.35. The summed E-state index contributed by atoms with van der Waals surface area (Å²) in [6, 6.07) is 14.2. The standard InChI is InChI=1S/C19H20Cl2N2O2/c20-14-10-15(21)12-16(11-14)22-19(25)18(13-4-2-1-3-5-13)23-8-6-17(24)7-9-23/h1-5,10-12,17-18,24H,6-9H2,(H,22,25)/t18-/m1/s1. The molecule has 1 saturated heterocycles. The molecule has 25 heavy (non-hydrogen) atoms. The summed E-state index contributed by atoms with van der Waals surface area (Å²) in [6.45, 7) is 1.34. The van der Waals surface area contributed by atoms with Gasteiger partial charge in [-0.05, 0) is 36.6 Å². The molecule has 3 rings (SSSR count). The Kier molecular flexibility index (Phi) is 5.97. The number of likely N-dealkylation sites (tertiary alicyclic amines) is 1. The number of carbonyl (C=O) groups excluding carboxylic acids is 1. The third kappa shape index (κ3) is 4.73. The van der Waals surface area contributed by atoms with Crippen LogP contribution in [0.2, 0.25) is 10.0 Å². The van der Waals surface area contributed by atoms with Crippen LogP contribution in [0.3, 0.4) is 0 Å². The van der Waals surface area contributed by atoms with Crippen molar-refractivity contribution in [1.82, 2.24) is 4.90 Å². The number of aliphatic hydroxyl groups is 1.